The van der Waals surface area contributed by atoms with Crippen LogP contribution in [0.4, 0.5) is 0 Å². The normalized spacial score (nSPS) is 18.9. The lowest BCUT2D eigenvalue weighted by Gasteiger charge is -2.40. The molecular formula is C58H110O12S. The third-order valence-electron chi connectivity index (χ3n) is 14.1. The molecule has 71 heavy (non-hydrogen) atoms. The molecule has 0 aromatic carbocycles. The first-order chi connectivity index (χ1) is 34.5. The van der Waals surface area contributed by atoms with Crippen LogP contribution in [0.5, 0.6) is 0 Å². The number of aliphatic hydroxyl groups is 3. The molecule has 1 saturated heterocycles. The number of hydrogen-bond donors (Lipinski definition) is 4. The molecule has 2 unspecified atom stereocenters. The minimum atomic E-state index is -4.61. The number of unbranched alkanes of at least 4 members (excludes halogenated alkanes) is 38. The van der Waals surface area contributed by atoms with E-state index in [2.05, 4.69) is 26.0 Å². The average Bonchev–Trinajstić information content (AvgIpc) is 3.34. The highest BCUT2D eigenvalue weighted by Crippen LogP contribution is 2.24. The minimum absolute atomic E-state index is 0.122. The number of allylic oxidation sites excluding steroid dienone is 2. The SMILES string of the molecule is CCCCCCCCCCCCCCCCCCCC/C=C/CCCC(=O)O[C@H](COC(=O)CCCCCCCCCCCCCCCCCCCCCC)CO[C@H]1O[C@H](CS(=O)(=O)O)[C@@H](O)C(O)C1O. The lowest BCUT2D eigenvalue weighted by Crippen LogP contribution is -2.60. The van der Waals surface area contributed by atoms with Crippen molar-refractivity contribution >= 4 is 22.1 Å². The van der Waals surface area contributed by atoms with Gasteiger partial charge in [-0.1, -0.05) is 257 Å². The molecule has 12 nitrogen and oxygen atoms in total. The Morgan fingerprint density at radius 2 is 0.817 bits per heavy atom. The average molecular weight is 1030 g/mol. The Morgan fingerprint density at radius 1 is 0.465 bits per heavy atom. The predicted molar refractivity (Wildman–Crippen MR) is 289 cm³/mol. The van der Waals surface area contributed by atoms with Gasteiger partial charge in [-0.2, -0.15) is 8.42 Å². The van der Waals surface area contributed by atoms with Crippen molar-refractivity contribution < 1.29 is 56.8 Å². The number of carbonyl (C=O) groups is 2. The Labute approximate surface area is 435 Å². The second-order valence-corrected chi connectivity index (χ2v) is 22.5. The van der Waals surface area contributed by atoms with E-state index in [1.54, 1.807) is 0 Å². The zero-order valence-corrected chi connectivity index (χ0v) is 46.4. The van der Waals surface area contributed by atoms with Gasteiger partial charge in [-0.3, -0.25) is 14.1 Å². The number of carbonyl (C=O) groups excluding carboxylic acids is 2. The lowest BCUT2D eigenvalue weighted by molar-refractivity contribution is -0.297. The van der Waals surface area contributed by atoms with Gasteiger partial charge < -0.3 is 34.3 Å². The van der Waals surface area contributed by atoms with Crippen molar-refractivity contribution in [3.8, 4) is 0 Å². The van der Waals surface area contributed by atoms with E-state index in [-0.39, 0.29) is 19.4 Å². The molecule has 1 aliphatic heterocycles. The summed E-state index contributed by atoms with van der Waals surface area (Å²) >= 11 is 0. The van der Waals surface area contributed by atoms with Crippen LogP contribution in [0.25, 0.3) is 0 Å². The summed E-state index contributed by atoms with van der Waals surface area (Å²) in [6.07, 6.45) is 47.0. The molecule has 0 aromatic rings. The van der Waals surface area contributed by atoms with Crippen molar-refractivity contribution in [3.05, 3.63) is 12.2 Å². The van der Waals surface area contributed by atoms with Crippen LogP contribution in [0.1, 0.15) is 290 Å². The third-order valence-corrected chi connectivity index (χ3v) is 14.8. The first kappa shape index (κ1) is 67.4. The number of rotatable bonds is 52. The summed E-state index contributed by atoms with van der Waals surface area (Å²) < 4.78 is 54.4. The molecule has 13 heteroatoms. The summed E-state index contributed by atoms with van der Waals surface area (Å²) in [5, 5.41) is 31.1. The molecule has 1 heterocycles. The van der Waals surface area contributed by atoms with E-state index in [0.717, 1.165) is 32.1 Å². The fraction of sp³-hybridized carbons (Fsp3) is 0.931. The van der Waals surface area contributed by atoms with Crippen LogP contribution < -0.4 is 0 Å². The molecule has 0 saturated carbocycles. The molecule has 6 atom stereocenters. The molecule has 0 amide bonds. The van der Waals surface area contributed by atoms with Crippen LogP contribution in [-0.4, -0.2) is 96.0 Å². The third kappa shape index (κ3) is 42.3. The Balaban J connectivity index is 2.30. The number of aliphatic hydroxyl groups excluding tert-OH is 3. The summed E-state index contributed by atoms with van der Waals surface area (Å²) in [7, 11) is -4.61. The highest BCUT2D eigenvalue weighted by atomic mass is 32.2. The maximum atomic E-state index is 12.9. The molecule has 4 N–H and O–H groups in total. The van der Waals surface area contributed by atoms with Crippen molar-refractivity contribution in [2.24, 2.45) is 0 Å². The highest BCUT2D eigenvalue weighted by molar-refractivity contribution is 7.85. The van der Waals surface area contributed by atoms with Crippen molar-refractivity contribution in [2.45, 2.75) is 327 Å². The summed E-state index contributed by atoms with van der Waals surface area (Å²) in [4.78, 5) is 25.6. The molecule has 0 radical (unpaired) electrons. The Morgan fingerprint density at radius 3 is 1.21 bits per heavy atom. The topological polar surface area (TPSA) is 186 Å². The molecule has 420 valence electrons. The number of esters is 2. The van der Waals surface area contributed by atoms with Gasteiger partial charge in [-0.25, -0.2) is 0 Å². The minimum Gasteiger partial charge on any atom is -0.462 e. The van der Waals surface area contributed by atoms with Crippen LogP contribution in [0.2, 0.25) is 0 Å². The second kappa shape index (κ2) is 48.1. The van der Waals surface area contributed by atoms with Crippen LogP contribution in [0.3, 0.4) is 0 Å². The first-order valence-corrected chi connectivity index (χ1v) is 31.4. The second-order valence-electron chi connectivity index (χ2n) is 21.0. The van der Waals surface area contributed by atoms with Gasteiger partial charge in [-0.05, 0) is 32.1 Å². The van der Waals surface area contributed by atoms with Crippen LogP contribution in [0.15, 0.2) is 12.2 Å². The fourth-order valence-electron chi connectivity index (χ4n) is 9.51. The maximum absolute atomic E-state index is 12.9. The quantitative estimate of drug-likeness (QED) is 0.0196. The Bertz CT molecular complexity index is 1340. The van der Waals surface area contributed by atoms with E-state index in [1.165, 1.54) is 212 Å². The Hall–Kier alpha value is -1.61. The first-order valence-electron chi connectivity index (χ1n) is 29.7. The van der Waals surface area contributed by atoms with Crippen LogP contribution >= 0.6 is 0 Å². The molecule has 1 aliphatic rings. The van der Waals surface area contributed by atoms with E-state index in [9.17, 15) is 37.9 Å². The molecule has 1 rings (SSSR count). The summed E-state index contributed by atoms with van der Waals surface area (Å²) in [5.74, 6) is -2.00. The zero-order chi connectivity index (χ0) is 51.9. The lowest BCUT2D eigenvalue weighted by atomic mass is 10.00. The van der Waals surface area contributed by atoms with Gasteiger partial charge in [0, 0.05) is 12.8 Å². The van der Waals surface area contributed by atoms with Gasteiger partial charge in [0.2, 0.25) is 0 Å². The summed E-state index contributed by atoms with van der Waals surface area (Å²) in [5.41, 5.74) is 0. The van der Waals surface area contributed by atoms with Gasteiger partial charge >= 0.3 is 11.9 Å². The van der Waals surface area contributed by atoms with Crippen molar-refractivity contribution in [3.63, 3.8) is 0 Å². The van der Waals surface area contributed by atoms with Gasteiger partial charge in [-0.15, -0.1) is 0 Å². The number of ether oxygens (including phenoxy) is 4. The molecule has 0 bridgehead atoms. The molecule has 1 fully saturated rings. The fourth-order valence-corrected chi connectivity index (χ4v) is 10.2. The summed E-state index contributed by atoms with van der Waals surface area (Å²) in [6.45, 7) is 3.81. The largest absolute Gasteiger partial charge is 0.462 e. The molecule has 0 spiro atoms. The van der Waals surface area contributed by atoms with E-state index in [1.807, 2.05) is 0 Å². The number of hydrogen-bond acceptors (Lipinski definition) is 11. The van der Waals surface area contributed by atoms with Gasteiger partial charge in [0.1, 0.15) is 36.8 Å². The van der Waals surface area contributed by atoms with Crippen molar-refractivity contribution in [2.75, 3.05) is 19.0 Å². The van der Waals surface area contributed by atoms with E-state index >= 15 is 0 Å². The monoisotopic (exact) mass is 1030 g/mol. The maximum Gasteiger partial charge on any atom is 0.306 e. The van der Waals surface area contributed by atoms with E-state index in [0.29, 0.717) is 19.3 Å². The summed E-state index contributed by atoms with van der Waals surface area (Å²) in [6, 6.07) is 0. The highest BCUT2D eigenvalue weighted by Gasteiger charge is 2.46. The van der Waals surface area contributed by atoms with E-state index in [4.69, 9.17) is 18.9 Å². The smallest absolute Gasteiger partial charge is 0.306 e. The van der Waals surface area contributed by atoms with Crippen molar-refractivity contribution in [1.29, 1.82) is 0 Å². The van der Waals surface area contributed by atoms with Crippen LogP contribution in [0, 0.1) is 0 Å². The van der Waals surface area contributed by atoms with Gasteiger partial charge in [0.25, 0.3) is 10.1 Å². The van der Waals surface area contributed by atoms with Gasteiger partial charge in [0.15, 0.2) is 12.4 Å². The Kier molecular flexibility index (Phi) is 45.6. The van der Waals surface area contributed by atoms with E-state index < -0.39 is 71.2 Å². The van der Waals surface area contributed by atoms with Gasteiger partial charge in [0.05, 0.1) is 6.61 Å². The molecule has 0 aliphatic carbocycles. The molecule has 0 aromatic heterocycles. The van der Waals surface area contributed by atoms with Crippen LogP contribution in [-0.2, 0) is 38.7 Å². The molecular weight excluding hydrogens is 921 g/mol. The van der Waals surface area contributed by atoms with Crippen molar-refractivity contribution in [1.82, 2.24) is 0 Å². The standard InChI is InChI=1S/C58H110O12S/c1-3-5-7-9-11-13-15-17-19-21-23-25-26-27-29-31-33-35-37-39-41-43-45-47-54(60)69-51(49-68-58-57(63)56(62)55(61)52(70-58)50-71(64,65)66)48-67-53(59)46-44-42-40-38-36-34-32-30-28-24-22-20-18-16-14-12-10-8-6-4-2/h39,41,51-52,55-58,61-63H,3-38,40,42-50H2,1-2H3,(H,64,65,66)/b41-39+/t51-,52-,55-,56?,57?,58+/m1/s1. The predicted octanol–water partition coefficient (Wildman–Crippen LogP) is 14.5. The zero-order valence-electron chi connectivity index (χ0n) is 45.6.